The molecule has 14 rings (SSSR count). The molecule has 0 radical (unpaired) electrons. The van der Waals surface area contributed by atoms with Gasteiger partial charge in [0.25, 0.3) is 17.7 Å². The van der Waals surface area contributed by atoms with Gasteiger partial charge in [0.15, 0.2) is 28.4 Å². The molecular formula is C77H71FN6O9. The molecule has 470 valence electrons. The molecule has 0 unspecified atom stereocenters. The summed E-state index contributed by atoms with van der Waals surface area (Å²) in [4.78, 5) is 92.7. The lowest BCUT2D eigenvalue weighted by molar-refractivity contribution is -0.141. The fourth-order valence-electron chi connectivity index (χ4n) is 13.2. The van der Waals surface area contributed by atoms with E-state index in [0.717, 1.165) is 67.8 Å². The van der Waals surface area contributed by atoms with Crippen molar-refractivity contribution in [1.82, 2.24) is 15.0 Å². The summed E-state index contributed by atoms with van der Waals surface area (Å²) < 4.78 is 14.1. The van der Waals surface area contributed by atoms with Gasteiger partial charge in [-0.15, -0.1) is 0 Å². The first-order chi connectivity index (χ1) is 45.0. The SMILES string of the molecule is CCCCC(=O)C[C@]1(O)C(=O)N(CCc2c[nH]c3ccccc23)c2ccccc21.Cc1ccc(C(=O)C[C@]2(O)C(=O)N(CCc3c[nH]c4ccccc34)c3ccccc32)cc1.O=C(C[C@]1(O)C(=O)N(CCc2c[nH]c3ccccc23)c2ccccc21)c1ccccc1F. The highest BCUT2D eigenvalue weighted by Gasteiger charge is 2.53. The molecule has 6 heterocycles. The molecule has 0 fully saturated rings. The summed E-state index contributed by atoms with van der Waals surface area (Å²) in [6.45, 7) is 5.17. The number of H-pyrrole nitrogens is 3. The van der Waals surface area contributed by atoms with Crippen LogP contribution in [0.5, 0.6) is 0 Å². The number of hydrogen-bond donors (Lipinski definition) is 6. The number of fused-ring (bicyclic) bond motifs is 6. The summed E-state index contributed by atoms with van der Waals surface area (Å²) in [5.74, 6) is -3.03. The molecule has 16 heteroatoms. The number of aliphatic hydroxyl groups is 3. The molecule has 3 aliphatic rings. The van der Waals surface area contributed by atoms with E-state index in [4.69, 9.17) is 0 Å². The van der Waals surface area contributed by atoms with E-state index in [2.05, 4.69) is 27.1 Å². The highest BCUT2D eigenvalue weighted by molar-refractivity contribution is 6.12. The molecule has 3 aromatic heterocycles. The predicted octanol–water partition coefficient (Wildman–Crippen LogP) is 13.0. The highest BCUT2D eigenvalue weighted by atomic mass is 19.1. The number of rotatable bonds is 20. The molecule has 3 aliphatic heterocycles. The minimum absolute atomic E-state index is 0.0732. The van der Waals surface area contributed by atoms with Crippen LogP contribution in [0, 0.1) is 12.7 Å². The number of aryl methyl sites for hydroxylation is 1. The summed E-state index contributed by atoms with van der Waals surface area (Å²) >= 11 is 0. The normalized spacial score (nSPS) is 17.9. The average molecular weight is 1240 g/mol. The third kappa shape index (κ3) is 12.2. The molecule has 8 aromatic carbocycles. The van der Waals surface area contributed by atoms with Gasteiger partial charge in [0, 0.05) is 106 Å². The Morgan fingerprint density at radius 3 is 1.20 bits per heavy atom. The van der Waals surface area contributed by atoms with Crippen LogP contribution < -0.4 is 14.7 Å². The fourth-order valence-corrected chi connectivity index (χ4v) is 13.2. The Hall–Kier alpha value is -10.4. The largest absolute Gasteiger partial charge is 0.375 e. The van der Waals surface area contributed by atoms with Gasteiger partial charge in [0.1, 0.15) is 11.6 Å². The van der Waals surface area contributed by atoms with E-state index in [0.29, 0.717) is 84.6 Å². The van der Waals surface area contributed by atoms with Crippen LogP contribution in [-0.4, -0.2) is 85.0 Å². The molecule has 15 nitrogen and oxygen atoms in total. The fraction of sp³-hybridized carbons (Fsp3) is 0.221. The van der Waals surface area contributed by atoms with Gasteiger partial charge in [0.2, 0.25) is 0 Å². The van der Waals surface area contributed by atoms with Crippen molar-refractivity contribution in [3.05, 3.63) is 269 Å². The number of carbonyl (C=O) groups is 6. The minimum atomic E-state index is -2.03. The standard InChI is InChI=1S/C27H24N2O3.C26H21FN2O3.C24H26N2O3/c1-18-10-12-19(13-11-18)25(30)16-27(32)22-7-3-5-9-24(22)29(26(27)31)15-14-20-17-28-23-8-4-2-6-21(20)23;27-21-10-4-1-8-19(21)24(30)15-26(32)20-9-3-6-12-23(20)29(25(26)31)14-13-17-16-28-22-11-5-2-7-18(17)22;1-2-3-8-18(27)15-24(29)20-10-5-7-12-22(20)26(23(24)28)14-13-17-16-25-21-11-6-4-9-19(17)21/h2-13,17,28,32H,14-16H2,1H3;1-12,16,28,32H,13-15H2;4-7,9-12,16,25,29H,2-3,8,13-15H2,1H3/t27-;26-;24-/m111/s1. The van der Waals surface area contributed by atoms with Gasteiger partial charge < -0.3 is 45.0 Å². The van der Waals surface area contributed by atoms with Crippen LogP contribution in [0.2, 0.25) is 0 Å². The van der Waals surface area contributed by atoms with Crippen molar-refractivity contribution < 1.29 is 48.5 Å². The summed E-state index contributed by atoms with van der Waals surface area (Å²) in [6.07, 6.45) is 8.82. The smallest absolute Gasteiger partial charge is 0.264 e. The lowest BCUT2D eigenvalue weighted by atomic mass is 9.88. The Kier molecular flexibility index (Phi) is 17.9. The number of Topliss-reactive ketones (excluding diaryl/α,β-unsaturated/α-hetero) is 3. The van der Waals surface area contributed by atoms with Gasteiger partial charge in [-0.25, -0.2) is 4.39 Å². The number of ketones is 3. The summed E-state index contributed by atoms with van der Waals surface area (Å²) in [7, 11) is 0. The summed E-state index contributed by atoms with van der Waals surface area (Å²) in [5.41, 5.74) is 5.50. The first-order valence-electron chi connectivity index (χ1n) is 31.5. The zero-order chi connectivity index (χ0) is 65.0. The van der Waals surface area contributed by atoms with Crippen molar-refractivity contribution in [3.8, 4) is 0 Å². The first kappa shape index (κ1) is 62.8. The van der Waals surface area contributed by atoms with Crippen molar-refractivity contribution in [3.63, 3.8) is 0 Å². The average Bonchev–Trinajstić information content (AvgIpc) is 1.61. The predicted molar refractivity (Wildman–Crippen MR) is 359 cm³/mol. The van der Waals surface area contributed by atoms with E-state index in [1.165, 1.54) is 23.1 Å². The number of nitrogens with one attached hydrogen (secondary N) is 3. The maximum atomic E-state index is 14.1. The highest BCUT2D eigenvalue weighted by Crippen LogP contribution is 2.46. The zero-order valence-electron chi connectivity index (χ0n) is 51.7. The Morgan fingerprint density at radius 1 is 0.441 bits per heavy atom. The monoisotopic (exact) mass is 1240 g/mol. The number of carbonyl (C=O) groups excluding carboxylic acids is 6. The Bertz CT molecular complexity index is 4650. The maximum absolute atomic E-state index is 14.1. The molecule has 93 heavy (non-hydrogen) atoms. The zero-order valence-corrected chi connectivity index (χ0v) is 51.7. The number of nitrogens with zero attached hydrogens (tertiary/aromatic N) is 3. The number of amides is 3. The van der Waals surface area contributed by atoms with Gasteiger partial charge in [0.05, 0.1) is 35.5 Å². The molecule has 11 aromatic rings. The lowest BCUT2D eigenvalue weighted by Crippen LogP contribution is -2.42. The number of unbranched alkanes of at least 4 members (excludes halogenated alkanes) is 1. The molecular weight excluding hydrogens is 1170 g/mol. The van der Waals surface area contributed by atoms with Gasteiger partial charge in [-0.3, -0.25) is 28.8 Å². The second-order valence-corrected chi connectivity index (χ2v) is 24.2. The van der Waals surface area contributed by atoms with Crippen LogP contribution in [0.25, 0.3) is 32.7 Å². The van der Waals surface area contributed by atoms with Crippen LogP contribution in [0.4, 0.5) is 21.5 Å². The third-order valence-electron chi connectivity index (χ3n) is 18.2. The molecule has 6 N–H and O–H groups in total. The quantitative estimate of drug-likeness (QED) is 0.0399. The van der Waals surface area contributed by atoms with Crippen molar-refractivity contribution in [2.45, 2.75) is 88.4 Å². The second-order valence-electron chi connectivity index (χ2n) is 24.2. The number of anilines is 3. The van der Waals surface area contributed by atoms with Crippen LogP contribution in [0.15, 0.2) is 213 Å². The van der Waals surface area contributed by atoms with Crippen molar-refractivity contribution in [2.75, 3.05) is 34.3 Å². The van der Waals surface area contributed by atoms with Crippen LogP contribution in [-0.2, 0) is 55.2 Å². The van der Waals surface area contributed by atoms with E-state index in [-0.39, 0.29) is 30.0 Å². The van der Waals surface area contributed by atoms with E-state index >= 15 is 0 Å². The summed E-state index contributed by atoms with van der Waals surface area (Å²) in [6, 6.07) is 58.2. The minimum Gasteiger partial charge on any atom is -0.375 e. The number of benzene rings is 8. The van der Waals surface area contributed by atoms with Crippen molar-refractivity contribution in [2.24, 2.45) is 0 Å². The summed E-state index contributed by atoms with van der Waals surface area (Å²) in [5, 5.41) is 37.5. The Labute approximate surface area is 537 Å². The molecule has 0 aliphatic carbocycles. The number of hydrogen-bond acceptors (Lipinski definition) is 9. The Balaban J connectivity index is 0.000000134. The number of para-hydroxylation sites is 6. The molecule has 3 atom stereocenters. The van der Waals surface area contributed by atoms with E-state index in [1.807, 2.05) is 129 Å². The van der Waals surface area contributed by atoms with E-state index in [1.54, 1.807) is 76.5 Å². The first-order valence-corrected chi connectivity index (χ1v) is 31.5. The van der Waals surface area contributed by atoms with Gasteiger partial charge in [-0.2, -0.15) is 0 Å². The van der Waals surface area contributed by atoms with Gasteiger partial charge in [-0.05, 0) is 97.8 Å². The number of halogens is 1. The molecule has 0 saturated carbocycles. The van der Waals surface area contributed by atoms with Crippen molar-refractivity contribution in [1.29, 1.82) is 0 Å². The van der Waals surface area contributed by atoms with E-state index in [9.17, 15) is 48.5 Å². The molecule has 0 saturated heterocycles. The van der Waals surface area contributed by atoms with Crippen LogP contribution >= 0.6 is 0 Å². The molecule has 0 bridgehead atoms. The number of aromatic amines is 3. The molecule has 3 amide bonds. The Morgan fingerprint density at radius 2 is 0.796 bits per heavy atom. The second kappa shape index (κ2) is 26.4. The van der Waals surface area contributed by atoms with E-state index < -0.39 is 52.5 Å². The van der Waals surface area contributed by atoms with Gasteiger partial charge in [-0.1, -0.05) is 165 Å². The number of aromatic nitrogens is 3. The van der Waals surface area contributed by atoms with Crippen LogP contribution in [0.3, 0.4) is 0 Å². The van der Waals surface area contributed by atoms with Gasteiger partial charge >= 0.3 is 0 Å². The lowest BCUT2D eigenvalue weighted by Gasteiger charge is -2.23. The van der Waals surface area contributed by atoms with Crippen LogP contribution in [0.1, 0.15) is 105 Å². The topological polar surface area (TPSA) is 220 Å². The maximum Gasteiger partial charge on any atom is 0.264 e. The van der Waals surface area contributed by atoms with Crippen molar-refractivity contribution >= 4 is 84.8 Å². The third-order valence-corrected chi connectivity index (χ3v) is 18.2. The molecule has 0 spiro atoms.